The third kappa shape index (κ3) is 3.27. The van der Waals surface area contributed by atoms with E-state index >= 15 is 0 Å². The van der Waals surface area contributed by atoms with E-state index in [1.807, 2.05) is 12.1 Å². The van der Waals surface area contributed by atoms with E-state index in [1.165, 1.54) is 6.42 Å². The van der Waals surface area contributed by atoms with Gasteiger partial charge in [-0.05, 0) is 42.5 Å². The molecule has 1 saturated carbocycles. The number of ether oxygens (including phenoxy) is 1. The van der Waals surface area contributed by atoms with Crippen molar-refractivity contribution in [1.82, 2.24) is 0 Å². The van der Waals surface area contributed by atoms with Gasteiger partial charge in [-0.15, -0.1) is 0 Å². The molecule has 1 aromatic rings. The van der Waals surface area contributed by atoms with Gasteiger partial charge in [0.05, 0.1) is 12.7 Å². The quantitative estimate of drug-likeness (QED) is 0.916. The number of benzene rings is 1. The minimum Gasteiger partial charge on any atom is -0.496 e. The predicted molar refractivity (Wildman–Crippen MR) is 77.0 cm³/mol. The molecule has 100 valence electrons. The summed E-state index contributed by atoms with van der Waals surface area (Å²) in [6.45, 7) is 2.22. The van der Waals surface area contributed by atoms with E-state index in [2.05, 4.69) is 28.9 Å². The van der Waals surface area contributed by atoms with Crippen LogP contribution in [0.5, 0.6) is 5.75 Å². The fourth-order valence-electron chi connectivity index (χ4n) is 3.03. The summed E-state index contributed by atoms with van der Waals surface area (Å²) in [6.07, 6.45) is 4.82. The Kier molecular flexibility index (Phi) is 4.33. The minimum absolute atomic E-state index is 0.564. The zero-order valence-electron chi connectivity index (χ0n) is 11.1. The van der Waals surface area contributed by atoms with E-state index in [4.69, 9.17) is 4.74 Å². The smallest absolute Gasteiger partial charge is 0.122 e. The average Bonchev–Trinajstić information content (AvgIpc) is 2.28. The number of halogens is 1. The normalized spacial score (nSPS) is 28.1. The molecule has 0 amide bonds. The highest BCUT2D eigenvalue weighted by molar-refractivity contribution is 9.10. The van der Waals surface area contributed by atoms with Crippen LogP contribution in [0.15, 0.2) is 22.7 Å². The molecule has 0 saturated heterocycles. The minimum atomic E-state index is -0.564. The highest BCUT2D eigenvalue weighted by Crippen LogP contribution is 2.37. The van der Waals surface area contributed by atoms with Crippen LogP contribution in [0.25, 0.3) is 0 Å². The molecule has 1 aromatic carbocycles. The fourth-order valence-corrected chi connectivity index (χ4v) is 3.44. The largest absolute Gasteiger partial charge is 0.496 e. The Labute approximate surface area is 117 Å². The highest BCUT2D eigenvalue weighted by Gasteiger charge is 2.33. The molecule has 0 aliphatic heterocycles. The monoisotopic (exact) mass is 312 g/mol. The van der Waals surface area contributed by atoms with Gasteiger partial charge in [0.2, 0.25) is 0 Å². The maximum Gasteiger partial charge on any atom is 0.122 e. The summed E-state index contributed by atoms with van der Waals surface area (Å²) < 4.78 is 6.41. The van der Waals surface area contributed by atoms with E-state index in [-0.39, 0.29) is 0 Å². The van der Waals surface area contributed by atoms with E-state index in [0.717, 1.165) is 35.0 Å². The van der Waals surface area contributed by atoms with Crippen LogP contribution in [0, 0.1) is 5.92 Å². The van der Waals surface area contributed by atoms with Gasteiger partial charge in [0.15, 0.2) is 0 Å². The molecule has 1 aliphatic rings. The van der Waals surface area contributed by atoms with Gasteiger partial charge >= 0.3 is 0 Å². The van der Waals surface area contributed by atoms with Crippen LogP contribution in [0.2, 0.25) is 0 Å². The summed E-state index contributed by atoms with van der Waals surface area (Å²) in [7, 11) is 1.68. The van der Waals surface area contributed by atoms with Crippen LogP contribution in [0.3, 0.4) is 0 Å². The number of hydrogen-bond donors (Lipinski definition) is 1. The standard InChI is InChI=1S/C15H21BrO2/c1-11-4-3-7-15(17,9-11)10-12-8-13(16)5-6-14(12)18-2/h5-6,8,11,17H,3-4,7,9-10H2,1-2H3. The highest BCUT2D eigenvalue weighted by atomic mass is 79.9. The zero-order chi connectivity index (χ0) is 13.2. The van der Waals surface area contributed by atoms with Crippen LogP contribution in [-0.2, 0) is 6.42 Å². The number of methoxy groups -OCH3 is 1. The molecule has 18 heavy (non-hydrogen) atoms. The molecule has 1 aliphatic carbocycles. The van der Waals surface area contributed by atoms with Crippen molar-refractivity contribution in [2.75, 3.05) is 7.11 Å². The number of rotatable bonds is 3. The second-order valence-electron chi connectivity index (χ2n) is 5.56. The molecule has 2 unspecified atom stereocenters. The molecule has 2 rings (SSSR count). The van der Waals surface area contributed by atoms with Crippen LogP contribution < -0.4 is 4.74 Å². The predicted octanol–water partition coefficient (Wildman–Crippen LogP) is 3.94. The van der Waals surface area contributed by atoms with Crippen molar-refractivity contribution in [2.45, 2.75) is 44.6 Å². The first kappa shape index (κ1) is 13.9. The van der Waals surface area contributed by atoms with E-state index < -0.39 is 5.60 Å². The molecule has 1 fully saturated rings. The Bertz CT molecular complexity index is 419. The first-order chi connectivity index (χ1) is 8.52. The van der Waals surface area contributed by atoms with Gasteiger partial charge in [-0.3, -0.25) is 0 Å². The van der Waals surface area contributed by atoms with Crippen molar-refractivity contribution >= 4 is 15.9 Å². The maximum atomic E-state index is 10.7. The molecular formula is C15H21BrO2. The third-order valence-corrected chi connectivity index (χ3v) is 4.32. The lowest BCUT2D eigenvalue weighted by atomic mass is 9.76. The molecule has 3 heteroatoms. The Balaban J connectivity index is 2.19. The second-order valence-corrected chi connectivity index (χ2v) is 6.47. The Morgan fingerprint density at radius 1 is 1.50 bits per heavy atom. The summed E-state index contributed by atoms with van der Waals surface area (Å²) in [5.74, 6) is 1.48. The maximum absolute atomic E-state index is 10.7. The van der Waals surface area contributed by atoms with Gasteiger partial charge in [0.25, 0.3) is 0 Å². The molecule has 0 aromatic heterocycles. The second kappa shape index (κ2) is 5.62. The van der Waals surface area contributed by atoms with Crippen LogP contribution >= 0.6 is 15.9 Å². The van der Waals surface area contributed by atoms with Crippen molar-refractivity contribution in [1.29, 1.82) is 0 Å². The van der Waals surface area contributed by atoms with Gasteiger partial charge in [-0.1, -0.05) is 35.7 Å². The van der Waals surface area contributed by atoms with Crippen LogP contribution in [-0.4, -0.2) is 17.8 Å². The Hall–Kier alpha value is -0.540. The molecule has 1 N–H and O–H groups in total. The van der Waals surface area contributed by atoms with Crippen molar-refractivity contribution in [3.05, 3.63) is 28.2 Å². The molecule has 0 spiro atoms. The van der Waals surface area contributed by atoms with Crippen molar-refractivity contribution in [2.24, 2.45) is 5.92 Å². The average molecular weight is 313 g/mol. The van der Waals surface area contributed by atoms with E-state index in [9.17, 15) is 5.11 Å². The lowest BCUT2D eigenvalue weighted by Crippen LogP contribution is -2.36. The van der Waals surface area contributed by atoms with Gasteiger partial charge in [-0.2, -0.15) is 0 Å². The first-order valence-electron chi connectivity index (χ1n) is 6.57. The van der Waals surface area contributed by atoms with E-state index in [1.54, 1.807) is 7.11 Å². The van der Waals surface area contributed by atoms with E-state index in [0.29, 0.717) is 12.3 Å². The van der Waals surface area contributed by atoms with Gasteiger partial charge < -0.3 is 9.84 Å². The lowest BCUT2D eigenvalue weighted by Gasteiger charge is -2.36. The summed E-state index contributed by atoms with van der Waals surface area (Å²) in [5, 5.41) is 10.7. The SMILES string of the molecule is COc1ccc(Br)cc1CC1(O)CCCC(C)C1. The lowest BCUT2D eigenvalue weighted by molar-refractivity contribution is -0.0127. The molecular weight excluding hydrogens is 292 g/mol. The van der Waals surface area contributed by atoms with Crippen molar-refractivity contribution < 1.29 is 9.84 Å². The molecule has 0 radical (unpaired) electrons. The summed E-state index contributed by atoms with van der Waals surface area (Å²) >= 11 is 3.48. The molecule has 2 nitrogen and oxygen atoms in total. The zero-order valence-corrected chi connectivity index (χ0v) is 12.7. The van der Waals surface area contributed by atoms with Gasteiger partial charge in [0, 0.05) is 10.9 Å². The van der Waals surface area contributed by atoms with Crippen LogP contribution in [0.1, 0.15) is 38.2 Å². The van der Waals surface area contributed by atoms with Gasteiger partial charge in [-0.25, -0.2) is 0 Å². The molecule has 0 bridgehead atoms. The Morgan fingerprint density at radius 2 is 2.28 bits per heavy atom. The topological polar surface area (TPSA) is 29.5 Å². The number of hydrogen-bond acceptors (Lipinski definition) is 2. The third-order valence-electron chi connectivity index (χ3n) is 3.83. The van der Waals surface area contributed by atoms with Crippen LogP contribution in [0.4, 0.5) is 0 Å². The summed E-state index contributed by atoms with van der Waals surface area (Å²) in [5.41, 5.74) is 0.523. The molecule has 2 atom stereocenters. The summed E-state index contributed by atoms with van der Waals surface area (Å²) in [6, 6.07) is 5.97. The summed E-state index contributed by atoms with van der Waals surface area (Å²) in [4.78, 5) is 0. The van der Waals surface area contributed by atoms with Crippen molar-refractivity contribution in [3.63, 3.8) is 0 Å². The van der Waals surface area contributed by atoms with Gasteiger partial charge in [0.1, 0.15) is 5.75 Å². The fraction of sp³-hybridized carbons (Fsp3) is 0.600. The Morgan fingerprint density at radius 3 is 2.94 bits per heavy atom. The number of aliphatic hydroxyl groups is 1. The van der Waals surface area contributed by atoms with Crippen molar-refractivity contribution in [3.8, 4) is 5.75 Å². The first-order valence-corrected chi connectivity index (χ1v) is 7.36. The molecule has 0 heterocycles.